The summed E-state index contributed by atoms with van der Waals surface area (Å²) in [6.07, 6.45) is 8.53. The molecule has 17 heavy (non-hydrogen) atoms. The van der Waals surface area contributed by atoms with Gasteiger partial charge in [-0.25, -0.2) is 0 Å². The highest BCUT2D eigenvalue weighted by molar-refractivity contribution is 5.22. The Morgan fingerprint density at radius 1 is 1.06 bits per heavy atom. The molecule has 0 bridgehead atoms. The third-order valence-corrected chi connectivity index (χ3v) is 2.93. The molecule has 0 saturated carbocycles. The summed E-state index contributed by atoms with van der Waals surface area (Å²) in [7, 11) is 1.80. The van der Waals surface area contributed by atoms with Crippen LogP contribution in [-0.2, 0) is 13.0 Å². The third-order valence-electron chi connectivity index (χ3n) is 2.93. The molecule has 0 heterocycles. The zero-order valence-electron chi connectivity index (χ0n) is 10.9. The van der Waals surface area contributed by atoms with Crippen molar-refractivity contribution in [2.24, 2.45) is 0 Å². The minimum absolute atomic E-state index is 0.701. The van der Waals surface area contributed by atoms with Crippen molar-refractivity contribution >= 4 is 0 Å². The Balaban J connectivity index is 2.37. The monoisotopic (exact) mass is 230 g/mol. The van der Waals surface area contributed by atoms with E-state index >= 15 is 0 Å². The lowest BCUT2D eigenvalue weighted by Gasteiger charge is -2.09. The number of nitrogens with zero attached hydrogens (tertiary/aromatic N) is 2. The van der Waals surface area contributed by atoms with E-state index in [1.165, 1.54) is 43.2 Å². The van der Waals surface area contributed by atoms with Crippen LogP contribution in [0.1, 0.15) is 43.7 Å². The predicted octanol–water partition coefficient (Wildman–Crippen LogP) is 3.72. The molecule has 1 rings (SSSR count). The predicted molar refractivity (Wildman–Crippen MR) is 71.4 cm³/mol. The van der Waals surface area contributed by atoms with Crippen molar-refractivity contribution < 1.29 is 0 Å². The number of nitriles is 1. The van der Waals surface area contributed by atoms with Gasteiger partial charge in [0.15, 0.2) is 6.19 Å². The van der Waals surface area contributed by atoms with Crippen LogP contribution in [0.2, 0.25) is 0 Å². The van der Waals surface area contributed by atoms with E-state index in [0.717, 1.165) is 0 Å². The molecule has 0 radical (unpaired) electrons. The summed E-state index contributed by atoms with van der Waals surface area (Å²) in [5.41, 5.74) is 2.61. The molecule has 0 amide bonds. The average molecular weight is 230 g/mol. The Bertz CT molecular complexity index is 348. The standard InChI is InChI=1S/C15H22N2/c1-3-4-5-6-7-14-8-10-15(11-9-14)12-17(2)13-16/h8-11H,3-7,12H2,1-2H3. The van der Waals surface area contributed by atoms with Crippen LogP contribution in [-0.4, -0.2) is 11.9 Å². The lowest BCUT2D eigenvalue weighted by atomic mass is 10.0. The molecular formula is C15H22N2. The van der Waals surface area contributed by atoms with Gasteiger partial charge in [0.05, 0.1) is 6.54 Å². The Morgan fingerprint density at radius 3 is 2.29 bits per heavy atom. The highest BCUT2D eigenvalue weighted by Gasteiger charge is 1.98. The molecule has 0 saturated heterocycles. The van der Waals surface area contributed by atoms with Gasteiger partial charge in [0, 0.05) is 7.05 Å². The number of hydrogen-bond acceptors (Lipinski definition) is 2. The first-order chi connectivity index (χ1) is 8.26. The van der Waals surface area contributed by atoms with Crippen LogP contribution >= 0.6 is 0 Å². The number of aryl methyl sites for hydroxylation is 1. The number of benzene rings is 1. The van der Waals surface area contributed by atoms with E-state index in [-0.39, 0.29) is 0 Å². The zero-order chi connectivity index (χ0) is 12.5. The van der Waals surface area contributed by atoms with Crippen molar-refractivity contribution in [3.63, 3.8) is 0 Å². The summed E-state index contributed by atoms with van der Waals surface area (Å²) in [6, 6.07) is 8.63. The molecule has 0 aliphatic carbocycles. The smallest absolute Gasteiger partial charge is 0.179 e. The van der Waals surface area contributed by atoms with Gasteiger partial charge in [0.1, 0.15) is 0 Å². The molecule has 0 fully saturated rings. The quantitative estimate of drug-likeness (QED) is 0.405. The molecule has 0 N–H and O–H groups in total. The normalized spacial score (nSPS) is 9.94. The Morgan fingerprint density at radius 2 is 1.71 bits per heavy atom. The highest BCUT2D eigenvalue weighted by Crippen LogP contribution is 2.10. The third kappa shape index (κ3) is 5.40. The molecule has 2 nitrogen and oxygen atoms in total. The van der Waals surface area contributed by atoms with Gasteiger partial charge in [0.2, 0.25) is 0 Å². The molecule has 1 aromatic carbocycles. The van der Waals surface area contributed by atoms with Crippen LogP contribution < -0.4 is 0 Å². The summed E-state index contributed by atoms with van der Waals surface area (Å²) in [4.78, 5) is 1.64. The molecule has 0 aliphatic heterocycles. The van der Waals surface area contributed by atoms with Crippen LogP contribution in [0, 0.1) is 11.5 Å². The van der Waals surface area contributed by atoms with Crippen molar-refractivity contribution in [3.8, 4) is 6.19 Å². The van der Waals surface area contributed by atoms with Gasteiger partial charge in [-0.05, 0) is 24.0 Å². The first kappa shape index (κ1) is 13.6. The topological polar surface area (TPSA) is 27.0 Å². The second kappa shape index (κ2) is 7.73. The summed E-state index contributed by atoms with van der Waals surface area (Å²) >= 11 is 0. The van der Waals surface area contributed by atoms with E-state index in [4.69, 9.17) is 5.26 Å². The molecular weight excluding hydrogens is 208 g/mol. The van der Waals surface area contributed by atoms with Crippen LogP contribution in [0.25, 0.3) is 0 Å². The molecule has 0 atom stereocenters. The average Bonchev–Trinajstić information content (AvgIpc) is 2.36. The lowest BCUT2D eigenvalue weighted by Crippen LogP contribution is -2.09. The number of unbranched alkanes of at least 4 members (excludes halogenated alkanes) is 3. The van der Waals surface area contributed by atoms with Crippen molar-refractivity contribution in [2.75, 3.05) is 7.05 Å². The van der Waals surface area contributed by atoms with Crippen LogP contribution in [0.3, 0.4) is 0 Å². The van der Waals surface area contributed by atoms with E-state index in [1.807, 2.05) is 0 Å². The zero-order valence-corrected chi connectivity index (χ0v) is 10.9. The second-order valence-corrected chi connectivity index (χ2v) is 4.58. The van der Waals surface area contributed by atoms with Gasteiger partial charge >= 0.3 is 0 Å². The molecule has 92 valence electrons. The van der Waals surface area contributed by atoms with Gasteiger partial charge in [-0.15, -0.1) is 0 Å². The minimum atomic E-state index is 0.701. The maximum Gasteiger partial charge on any atom is 0.179 e. The largest absolute Gasteiger partial charge is 0.309 e. The number of rotatable bonds is 7. The Kier molecular flexibility index (Phi) is 6.17. The van der Waals surface area contributed by atoms with Crippen LogP contribution in [0.5, 0.6) is 0 Å². The fourth-order valence-corrected chi connectivity index (χ4v) is 1.88. The van der Waals surface area contributed by atoms with Crippen molar-refractivity contribution in [1.29, 1.82) is 5.26 Å². The first-order valence-corrected chi connectivity index (χ1v) is 6.45. The van der Waals surface area contributed by atoms with Gasteiger partial charge in [-0.1, -0.05) is 50.5 Å². The molecule has 0 aliphatic rings. The van der Waals surface area contributed by atoms with E-state index in [1.54, 1.807) is 11.9 Å². The molecule has 0 spiro atoms. The maximum atomic E-state index is 8.69. The van der Waals surface area contributed by atoms with Crippen LogP contribution in [0.15, 0.2) is 24.3 Å². The lowest BCUT2D eigenvalue weighted by molar-refractivity contribution is 0.469. The Hall–Kier alpha value is -1.49. The molecule has 1 aromatic rings. The second-order valence-electron chi connectivity index (χ2n) is 4.58. The van der Waals surface area contributed by atoms with Crippen molar-refractivity contribution in [2.45, 2.75) is 45.6 Å². The molecule has 0 unspecified atom stereocenters. The van der Waals surface area contributed by atoms with Crippen LogP contribution in [0.4, 0.5) is 0 Å². The fourth-order valence-electron chi connectivity index (χ4n) is 1.88. The first-order valence-electron chi connectivity index (χ1n) is 6.45. The highest BCUT2D eigenvalue weighted by atomic mass is 15.1. The maximum absolute atomic E-state index is 8.69. The van der Waals surface area contributed by atoms with Crippen molar-refractivity contribution in [3.05, 3.63) is 35.4 Å². The van der Waals surface area contributed by atoms with E-state index in [9.17, 15) is 0 Å². The summed E-state index contributed by atoms with van der Waals surface area (Å²) in [5.74, 6) is 0. The van der Waals surface area contributed by atoms with E-state index in [2.05, 4.69) is 37.4 Å². The molecule has 0 aromatic heterocycles. The summed E-state index contributed by atoms with van der Waals surface area (Å²) < 4.78 is 0. The summed E-state index contributed by atoms with van der Waals surface area (Å²) in [6.45, 7) is 2.94. The van der Waals surface area contributed by atoms with Gasteiger partial charge in [-0.3, -0.25) is 0 Å². The van der Waals surface area contributed by atoms with Gasteiger partial charge in [-0.2, -0.15) is 5.26 Å². The minimum Gasteiger partial charge on any atom is -0.309 e. The number of hydrogen-bond donors (Lipinski definition) is 0. The van der Waals surface area contributed by atoms with Crippen molar-refractivity contribution in [1.82, 2.24) is 4.90 Å². The van der Waals surface area contributed by atoms with Gasteiger partial charge < -0.3 is 4.90 Å². The van der Waals surface area contributed by atoms with E-state index in [0.29, 0.717) is 6.54 Å². The SMILES string of the molecule is CCCCCCc1ccc(CN(C)C#N)cc1. The fraction of sp³-hybridized carbons (Fsp3) is 0.533. The van der Waals surface area contributed by atoms with Gasteiger partial charge in [0.25, 0.3) is 0 Å². The van der Waals surface area contributed by atoms with E-state index < -0.39 is 0 Å². The molecule has 2 heteroatoms. The Labute approximate surface area is 105 Å². The summed E-state index contributed by atoms with van der Waals surface area (Å²) in [5, 5.41) is 8.69.